The molecule has 4 aliphatic rings. The van der Waals surface area contributed by atoms with Crippen molar-refractivity contribution in [2.45, 2.75) is 29.0 Å². The number of benzene rings is 3. The molecule has 0 radical (unpaired) electrons. The summed E-state index contributed by atoms with van der Waals surface area (Å²) in [5.74, 6) is 0. The molecule has 156 valence electrons. The van der Waals surface area contributed by atoms with Gasteiger partial charge in [0.1, 0.15) is 0 Å². The summed E-state index contributed by atoms with van der Waals surface area (Å²) < 4.78 is 0. The molecular weight excluding hydrogens is 768 g/mol. The Morgan fingerprint density at radius 2 is 0.367 bits per heavy atom. The van der Waals surface area contributed by atoms with Crippen LogP contribution in [0.5, 0.6) is 0 Å². The molecule has 3 aromatic carbocycles. The van der Waals surface area contributed by atoms with Crippen LogP contribution in [0.3, 0.4) is 0 Å². The summed E-state index contributed by atoms with van der Waals surface area (Å²) in [5.41, 5.74) is 7.50. The maximum atomic E-state index is 3.90. The second-order valence-corrected chi connectivity index (χ2v) is 13.3. The number of halogens is 6. The molecule has 7 rings (SSSR count). The number of hydrogen-bond donors (Lipinski definition) is 0. The second-order valence-electron chi connectivity index (χ2n) is 7.41. The van der Waals surface area contributed by atoms with Gasteiger partial charge in [-0.05, 0) is 33.4 Å². The molecule has 0 unspecified atom stereocenters. The molecule has 0 N–H and O–H groups in total. The lowest BCUT2D eigenvalue weighted by Crippen LogP contribution is -2.04. The predicted octanol–water partition coefficient (Wildman–Crippen LogP) is 10.7. The van der Waals surface area contributed by atoms with Crippen molar-refractivity contribution in [2.24, 2.45) is 0 Å². The van der Waals surface area contributed by atoms with Crippen LogP contribution in [0.2, 0.25) is 0 Å². The molecule has 0 heterocycles. The van der Waals surface area contributed by atoms with E-state index < -0.39 is 0 Å². The lowest BCUT2D eigenvalue weighted by Gasteiger charge is -2.23. The molecular formula is C24H18Br6. The van der Waals surface area contributed by atoms with Crippen LogP contribution in [0.1, 0.15) is 62.3 Å². The zero-order valence-corrected chi connectivity index (χ0v) is 25.2. The summed E-state index contributed by atoms with van der Waals surface area (Å²) in [7, 11) is 0. The first-order valence-corrected chi connectivity index (χ1v) is 15.0. The first-order chi connectivity index (χ1) is 14.4. The fourth-order valence-corrected chi connectivity index (χ4v) is 7.27. The van der Waals surface area contributed by atoms with Crippen LogP contribution in [0.15, 0.2) is 72.8 Å². The van der Waals surface area contributed by atoms with E-state index >= 15 is 0 Å². The first kappa shape index (κ1) is 23.7. The Morgan fingerprint density at radius 1 is 0.267 bits per heavy atom. The monoisotopic (exact) mass is 780 g/mol. The van der Waals surface area contributed by atoms with Gasteiger partial charge in [0.2, 0.25) is 0 Å². The van der Waals surface area contributed by atoms with Gasteiger partial charge in [-0.2, -0.15) is 0 Å². The second kappa shape index (κ2) is 10.2. The fraction of sp³-hybridized carbons (Fsp3) is 0.250. The molecule has 0 spiro atoms. The maximum Gasteiger partial charge on any atom is 0.0561 e. The molecule has 0 aliphatic heterocycles. The highest BCUT2D eigenvalue weighted by Crippen LogP contribution is 2.47. The van der Waals surface area contributed by atoms with Crippen LogP contribution in [0, 0.1) is 0 Å². The third kappa shape index (κ3) is 4.89. The molecule has 0 saturated carbocycles. The van der Waals surface area contributed by atoms with E-state index in [2.05, 4.69) is 168 Å². The van der Waals surface area contributed by atoms with E-state index in [0.717, 1.165) is 0 Å². The Kier molecular flexibility index (Phi) is 8.06. The van der Waals surface area contributed by atoms with Crippen LogP contribution in [-0.2, 0) is 0 Å². The third-order valence-electron chi connectivity index (χ3n) is 5.49. The van der Waals surface area contributed by atoms with Gasteiger partial charge in [0.15, 0.2) is 0 Å². The predicted molar refractivity (Wildman–Crippen MR) is 149 cm³/mol. The Balaban J connectivity index is 1.80. The van der Waals surface area contributed by atoms with Crippen LogP contribution in [0.4, 0.5) is 0 Å². The number of fused-ring (bicyclic) bond motifs is 3. The first-order valence-electron chi connectivity index (χ1n) is 9.51. The summed E-state index contributed by atoms with van der Waals surface area (Å²) in [6.45, 7) is 0. The van der Waals surface area contributed by atoms with Crippen molar-refractivity contribution in [1.82, 2.24) is 0 Å². The van der Waals surface area contributed by atoms with Gasteiger partial charge < -0.3 is 0 Å². The standard InChI is InChI=1S/C24H18Br6/c25-19-13-1-2-14(4-3-13)20(26)22(28)16-9-11-18(12-10-16)24(30)23(29)17-7-5-15(6-8-17)21(19)27/h1-12,19-24H/t19-,20+,21-,22-,23+,24+. The van der Waals surface area contributed by atoms with Crippen LogP contribution >= 0.6 is 95.6 Å². The normalized spacial score (nSPS) is 29.0. The molecule has 6 heteroatoms. The summed E-state index contributed by atoms with van der Waals surface area (Å²) in [5, 5.41) is 0. The van der Waals surface area contributed by atoms with E-state index in [1.54, 1.807) is 0 Å². The minimum Gasteiger partial charge on any atom is -0.0823 e. The summed E-state index contributed by atoms with van der Waals surface area (Å²) in [6, 6.07) is 26.5. The van der Waals surface area contributed by atoms with E-state index in [1.165, 1.54) is 33.4 Å². The average molecular weight is 786 g/mol. The lowest BCUT2D eigenvalue weighted by atomic mass is 9.96. The SMILES string of the molecule is Br[C@@H]1c2ccc(cc2)[C@H](Br)[C@H](Br)c2ccc(cc2)[C@H](Br)[C@@H](Br)c2ccc(cc2)[C@H]1Br. The molecule has 0 fully saturated rings. The van der Waals surface area contributed by atoms with E-state index in [0.29, 0.717) is 0 Å². The lowest BCUT2D eigenvalue weighted by molar-refractivity contribution is 0.901. The Bertz CT molecular complexity index is 771. The molecule has 6 atom stereocenters. The maximum absolute atomic E-state index is 3.90. The van der Waals surface area contributed by atoms with Crippen LogP contribution in [0.25, 0.3) is 0 Å². The zero-order chi connectivity index (χ0) is 21.4. The molecule has 0 nitrogen and oxygen atoms in total. The highest BCUT2D eigenvalue weighted by molar-refractivity contribution is 9.12. The molecule has 4 aliphatic carbocycles. The highest BCUT2D eigenvalue weighted by Gasteiger charge is 2.25. The topological polar surface area (TPSA) is 0 Å². The van der Waals surface area contributed by atoms with Crippen molar-refractivity contribution in [1.29, 1.82) is 0 Å². The van der Waals surface area contributed by atoms with E-state index in [-0.39, 0.29) is 29.0 Å². The van der Waals surface area contributed by atoms with E-state index in [4.69, 9.17) is 0 Å². The van der Waals surface area contributed by atoms with Gasteiger partial charge in [-0.1, -0.05) is 168 Å². The summed E-state index contributed by atoms with van der Waals surface area (Å²) >= 11 is 23.4. The molecule has 0 saturated heterocycles. The van der Waals surface area contributed by atoms with E-state index in [1.807, 2.05) is 0 Å². The quantitative estimate of drug-likeness (QED) is 0.199. The molecule has 30 heavy (non-hydrogen) atoms. The minimum atomic E-state index is 0.181. The molecule has 0 amide bonds. The number of hydrogen-bond acceptors (Lipinski definition) is 0. The Morgan fingerprint density at radius 3 is 0.467 bits per heavy atom. The highest BCUT2D eigenvalue weighted by atomic mass is 79.9. The van der Waals surface area contributed by atoms with Crippen molar-refractivity contribution in [3.8, 4) is 0 Å². The fourth-order valence-electron chi connectivity index (χ4n) is 3.60. The van der Waals surface area contributed by atoms with Crippen LogP contribution in [-0.4, -0.2) is 0 Å². The van der Waals surface area contributed by atoms with Gasteiger partial charge in [-0.3, -0.25) is 0 Å². The van der Waals surface area contributed by atoms with Gasteiger partial charge in [0, 0.05) is 0 Å². The molecule has 6 bridgehead atoms. The van der Waals surface area contributed by atoms with E-state index in [9.17, 15) is 0 Å². The third-order valence-corrected chi connectivity index (χ3v) is 14.0. The number of rotatable bonds is 0. The van der Waals surface area contributed by atoms with Gasteiger partial charge in [-0.15, -0.1) is 0 Å². The number of alkyl halides is 6. The van der Waals surface area contributed by atoms with Gasteiger partial charge in [0.05, 0.1) is 29.0 Å². The summed E-state index contributed by atoms with van der Waals surface area (Å²) in [4.78, 5) is 1.09. The Hall–Kier alpha value is 0.540. The summed E-state index contributed by atoms with van der Waals surface area (Å²) in [6.07, 6.45) is 0. The van der Waals surface area contributed by atoms with Crippen molar-refractivity contribution >= 4 is 95.6 Å². The smallest absolute Gasteiger partial charge is 0.0561 e. The van der Waals surface area contributed by atoms with Crippen molar-refractivity contribution < 1.29 is 0 Å². The average Bonchev–Trinajstić information content (AvgIpc) is 2.81. The largest absolute Gasteiger partial charge is 0.0823 e. The van der Waals surface area contributed by atoms with Crippen molar-refractivity contribution in [2.75, 3.05) is 0 Å². The Labute approximate surface area is 228 Å². The van der Waals surface area contributed by atoms with Gasteiger partial charge in [0.25, 0.3) is 0 Å². The van der Waals surface area contributed by atoms with Gasteiger partial charge in [-0.25, -0.2) is 0 Å². The van der Waals surface area contributed by atoms with Crippen LogP contribution < -0.4 is 0 Å². The van der Waals surface area contributed by atoms with Gasteiger partial charge >= 0.3 is 0 Å². The molecule has 0 aromatic heterocycles. The molecule has 3 aromatic rings. The minimum absolute atomic E-state index is 0.181. The van der Waals surface area contributed by atoms with Crippen molar-refractivity contribution in [3.05, 3.63) is 106 Å². The zero-order valence-electron chi connectivity index (χ0n) is 15.7. The van der Waals surface area contributed by atoms with Crippen molar-refractivity contribution in [3.63, 3.8) is 0 Å².